The standard InChI is InChI=1S/C10H23N3O/c1-13(7-3-2-4-9-14)8-5-6-10(11)12/h14H,2-9H2,1H3,(H3,11,12). The Morgan fingerprint density at radius 2 is 1.86 bits per heavy atom. The average molecular weight is 201 g/mol. The SMILES string of the molecule is CN(CCCCCO)CCCC(=N)N. The minimum absolute atomic E-state index is 0.277. The molecular formula is C10H23N3O. The van der Waals surface area contributed by atoms with Crippen LogP contribution in [0.25, 0.3) is 0 Å². The number of nitrogens with two attached hydrogens (primary N) is 1. The van der Waals surface area contributed by atoms with Crippen LogP contribution in [-0.4, -0.2) is 42.6 Å². The van der Waals surface area contributed by atoms with E-state index in [0.717, 1.165) is 38.8 Å². The maximum Gasteiger partial charge on any atom is 0.0905 e. The fourth-order valence-electron chi connectivity index (χ4n) is 1.32. The van der Waals surface area contributed by atoms with Crippen molar-refractivity contribution in [1.29, 1.82) is 5.41 Å². The number of nitrogens with one attached hydrogen (secondary N) is 1. The second kappa shape index (κ2) is 8.97. The Hall–Kier alpha value is -0.610. The van der Waals surface area contributed by atoms with Gasteiger partial charge in [-0.15, -0.1) is 0 Å². The predicted molar refractivity (Wildman–Crippen MR) is 59.6 cm³/mol. The lowest BCUT2D eigenvalue weighted by atomic mass is 10.2. The second-order valence-electron chi connectivity index (χ2n) is 3.72. The summed E-state index contributed by atoms with van der Waals surface area (Å²) in [6.45, 7) is 2.37. The summed E-state index contributed by atoms with van der Waals surface area (Å²) in [6.07, 6.45) is 4.79. The van der Waals surface area contributed by atoms with Crippen molar-refractivity contribution in [3.05, 3.63) is 0 Å². The smallest absolute Gasteiger partial charge is 0.0905 e. The molecule has 0 radical (unpaired) electrons. The van der Waals surface area contributed by atoms with Gasteiger partial charge in [-0.3, -0.25) is 5.41 Å². The van der Waals surface area contributed by atoms with Crippen LogP contribution in [0, 0.1) is 5.41 Å². The molecule has 0 aromatic carbocycles. The zero-order valence-electron chi connectivity index (χ0n) is 9.13. The highest BCUT2D eigenvalue weighted by molar-refractivity contribution is 5.76. The highest BCUT2D eigenvalue weighted by Gasteiger charge is 1.98. The first-order valence-electron chi connectivity index (χ1n) is 5.29. The van der Waals surface area contributed by atoms with Gasteiger partial charge in [-0.2, -0.15) is 0 Å². The fourth-order valence-corrected chi connectivity index (χ4v) is 1.32. The van der Waals surface area contributed by atoms with Crippen molar-refractivity contribution in [1.82, 2.24) is 4.90 Å². The van der Waals surface area contributed by atoms with E-state index in [1.807, 2.05) is 0 Å². The van der Waals surface area contributed by atoms with Gasteiger partial charge >= 0.3 is 0 Å². The quantitative estimate of drug-likeness (QED) is 0.293. The zero-order valence-corrected chi connectivity index (χ0v) is 9.13. The van der Waals surface area contributed by atoms with Crippen molar-refractivity contribution in [2.45, 2.75) is 32.1 Å². The lowest BCUT2D eigenvalue weighted by molar-refractivity contribution is 0.272. The predicted octanol–water partition coefficient (Wildman–Crippen LogP) is 0.797. The molecule has 84 valence electrons. The number of unbranched alkanes of at least 4 members (excludes halogenated alkanes) is 2. The monoisotopic (exact) mass is 201 g/mol. The van der Waals surface area contributed by atoms with Crippen LogP contribution in [0.3, 0.4) is 0 Å². The van der Waals surface area contributed by atoms with Crippen LogP contribution in [0.4, 0.5) is 0 Å². The van der Waals surface area contributed by atoms with Crippen LogP contribution in [0.5, 0.6) is 0 Å². The van der Waals surface area contributed by atoms with Crippen molar-refractivity contribution in [3.8, 4) is 0 Å². The van der Waals surface area contributed by atoms with Crippen LogP contribution < -0.4 is 5.73 Å². The first-order valence-corrected chi connectivity index (χ1v) is 5.29. The van der Waals surface area contributed by atoms with Crippen LogP contribution >= 0.6 is 0 Å². The van der Waals surface area contributed by atoms with E-state index in [1.165, 1.54) is 0 Å². The van der Waals surface area contributed by atoms with Crippen molar-refractivity contribution in [3.63, 3.8) is 0 Å². The molecule has 0 aromatic heterocycles. The number of aliphatic hydroxyl groups is 1. The summed E-state index contributed by atoms with van der Waals surface area (Å²) >= 11 is 0. The van der Waals surface area contributed by atoms with Crippen molar-refractivity contribution >= 4 is 5.84 Å². The molecule has 0 aliphatic heterocycles. The van der Waals surface area contributed by atoms with Crippen molar-refractivity contribution in [2.24, 2.45) is 5.73 Å². The molecule has 4 heteroatoms. The van der Waals surface area contributed by atoms with E-state index in [0.29, 0.717) is 13.0 Å². The van der Waals surface area contributed by atoms with E-state index < -0.39 is 0 Å². The Morgan fingerprint density at radius 3 is 2.43 bits per heavy atom. The summed E-state index contributed by atoms with van der Waals surface area (Å²) in [4.78, 5) is 2.25. The highest BCUT2D eigenvalue weighted by Crippen LogP contribution is 1.98. The highest BCUT2D eigenvalue weighted by atomic mass is 16.2. The third-order valence-electron chi connectivity index (χ3n) is 2.18. The molecule has 0 saturated carbocycles. The van der Waals surface area contributed by atoms with Gasteiger partial charge in [-0.05, 0) is 45.8 Å². The number of hydrogen-bond acceptors (Lipinski definition) is 3. The molecule has 0 amide bonds. The van der Waals surface area contributed by atoms with E-state index in [9.17, 15) is 0 Å². The fraction of sp³-hybridized carbons (Fsp3) is 0.900. The molecule has 14 heavy (non-hydrogen) atoms. The molecule has 0 rings (SSSR count). The summed E-state index contributed by atoms with van der Waals surface area (Å²) < 4.78 is 0. The van der Waals surface area contributed by atoms with Gasteiger partial charge in [0, 0.05) is 13.0 Å². The zero-order chi connectivity index (χ0) is 10.8. The molecule has 0 aliphatic rings. The number of aliphatic hydroxyl groups excluding tert-OH is 1. The van der Waals surface area contributed by atoms with Gasteiger partial charge in [0.2, 0.25) is 0 Å². The molecule has 0 aliphatic carbocycles. The van der Waals surface area contributed by atoms with E-state index in [4.69, 9.17) is 16.2 Å². The minimum Gasteiger partial charge on any atom is -0.396 e. The number of amidine groups is 1. The molecule has 0 bridgehead atoms. The Kier molecular flexibility index (Phi) is 8.57. The van der Waals surface area contributed by atoms with Crippen molar-refractivity contribution in [2.75, 3.05) is 26.7 Å². The first-order chi connectivity index (χ1) is 6.66. The largest absolute Gasteiger partial charge is 0.396 e. The average Bonchev–Trinajstić information content (AvgIpc) is 2.12. The summed E-state index contributed by atoms with van der Waals surface area (Å²) in [5.41, 5.74) is 5.26. The molecule has 0 aromatic rings. The van der Waals surface area contributed by atoms with Crippen LogP contribution in [0.15, 0.2) is 0 Å². The first kappa shape index (κ1) is 13.4. The number of nitrogens with zero attached hydrogens (tertiary/aromatic N) is 1. The Morgan fingerprint density at radius 1 is 1.21 bits per heavy atom. The second-order valence-corrected chi connectivity index (χ2v) is 3.72. The summed E-state index contributed by atoms with van der Waals surface area (Å²) in [6, 6.07) is 0. The van der Waals surface area contributed by atoms with Gasteiger partial charge in [-0.25, -0.2) is 0 Å². The number of hydrogen-bond donors (Lipinski definition) is 3. The third kappa shape index (κ3) is 9.48. The van der Waals surface area contributed by atoms with Gasteiger partial charge in [0.15, 0.2) is 0 Å². The van der Waals surface area contributed by atoms with Gasteiger partial charge in [0.1, 0.15) is 0 Å². The third-order valence-corrected chi connectivity index (χ3v) is 2.18. The lowest BCUT2D eigenvalue weighted by Crippen LogP contribution is -2.22. The van der Waals surface area contributed by atoms with E-state index in [2.05, 4.69) is 11.9 Å². The summed E-state index contributed by atoms with van der Waals surface area (Å²) in [5, 5.41) is 15.6. The molecular weight excluding hydrogens is 178 g/mol. The van der Waals surface area contributed by atoms with Crippen LogP contribution in [-0.2, 0) is 0 Å². The summed E-state index contributed by atoms with van der Waals surface area (Å²) in [5.74, 6) is 0.277. The van der Waals surface area contributed by atoms with Gasteiger partial charge in [0.05, 0.1) is 5.84 Å². The Bertz CT molecular complexity index is 150. The molecule has 0 atom stereocenters. The Balaban J connectivity index is 3.19. The van der Waals surface area contributed by atoms with Gasteiger partial charge in [-0.1, -0.05) is 0 Å². The molecule has 0 fully saturated rings. The molecule has 0 heterocycles. The van der Waals surface area contributed by atoms with Crippen LogP contribution in [0.1, 0.15) is 32.1 Å². The van der Waals surface area contributed by atoms with Gasteiger partial charge in [0.25, 0.3) is 0 Å². The maximum atomic E-state index is 8.58. The van der Waals surface area contributed by atoms with Crippen molar-refractivity contribution < 1.29 is 5.11 Å². The molecule has 0 spiro atoms. The van der Waals surface area contributed by atoms with E-state index in [-0.39, 0.29) is 5.84 Å². The minimum atomic E-state index is 0.277. The molecule has 4 N–H and O–H groups in total. The van der Waals surface area contributed by atoms with Crippen LogP contribution in [0.2, 0.25) is 0 Å². The summed E-state index contributed by atoms with van der Waals surface area (Å²) in [7, 11) is 2.08. The molecule has 4 nitrogen and oxygen atoms in total. The van der Waals surface area contributed by atoms with E-state index >= 15 is 0 Å². The van der Waals surface area contributed by atoms with Gasteiger partial charge < -0.3 is 15.7 Å². The molecule has 0 unspecified atom stereocenters. The maximum absolute atomic E-state index is 8.58. The topological polar surface area (TPSA) is 73.3 Å². The number of rotatable bonds is 9. The van der Waals surface area contributed by atoms with E-state index in [1.54, 1.807) is 0 Å². The lowest BCUT2D eigenvalue weighted by Gasteiger charge is -2.15. The normalized spacial score (nSPS) is 10.8. The molecule has 0 saturated heterocycles. The Labute approximate surface area is 86.6 Å².